The summed E-state index contributed by atoms with van der Waals surface area (Å²) in [5, 5.41) is 58.6. The molecule has 0 spiro atoms. The van der Waals surface area contributed by atoms with Crippen LogP contribution < -0.4 is 65.9 Å². The van der Waals surface area contributed by atoms with Gasteiger partial charge in [0.2, 0.25) is 53.2 Å². The maximum absolute atomic E-state index is 14.4. The van der Waals surface area contributed by atoms with Crippen molar-refractivity contribution in [2.75, 3.05) is 32.7 Å². The molecule has 2 saturated heterocycles. The Balaban J connectivity index is 1.54. The molecular formula is C51H80N18O14. The summed E-state index contributed by atoms with van der Waals surface area (Å²) in [6, 6.07) is -4.44. The van der Waals surface area contributed by atoms with Gasteiger partial charge in [-0.25, -0.2) is 9.78 Å². The van der Waals surface area contributed by atoms with E-state index in [-0.39, 0.29) is 89.5 Å². The maximum Gasteiger partial charge on any atom is 0.328 e. The van der Waals surface area contributed by atoms with Gasteiger partial charge in [-0.2, -0.15) is 0 Å². The lowest BCUT2D eigenvalue weighted by atomic mass is 10.0. The van der Waals surface area contributed by atoms with Gasteiger partial charge in [-0.05, 0) is 77.7 Å². The number of amides is 9. The zero-order valence-electron chi connectivity index (χ0n) is 46.6. The number of aliphatic hydroxyl groups is 3. The normalized spacial score (nSPS) is 18.4. The number of carbonyl (C=O) groups excluding carboxylic acids is 9. The van der Waals surface area contributed by atoms with Crippen molar-refractivity contribution < 1.29 is 68.4 Å². The monoisotopic (exact) mass is 1170 g/mol. The van der Waals surface area contributed by atoms with Gasteiger partial charge in [-0.15, -0.1) is 0 Å². The number of benzene rings is 1. The average Bonchev–Trinajstić information content (AvgIpc) is 4.36. The number of nitrogens with two attached hydrogens (primary N) is 5. The molecule has 1 aromatic carbocycles. The molecule has 0 aliphatic carbocycles. The smallest absolute Gasteiger partial charge is 0.328 e. The quantitative estimate of drug-likeness (QED) is 0.0184. The second-order valence-corrected chi connectivity index (χ2v) is 20.3. The lowest BCUT2D eigenvalue weighted by Gasteiger charge is -2.34. The summed E-state index contributed by atoms with van der Waals surface area (Å²) in [5.41, 5.74) is 29.3. The van der Waals surface area contributed by atoms with Crippen LogP contribution in [0.2, 0.25) is 0 Å². The van der Waals surface area contributed by atoms with Crippen molar-refractivity contribution in [2.24, 2.45) is 38.7 Å². The first kappa shape index (κ1) is 67.0. The van der Waals surface area contributed by atoms with Gasteiger partial charge in [0.1, 0.15) is 42.3 Å². The lowest BCUT2D eigenvalue weighted by Crippen LogP contribution is -2.63. The number of aliphatic carboxylic acids is 1. The molecule has 32 heteroatoms. The Labute approximate surface area is 478 Å². The standard InChI is InChI=1S/C51H80N18O14/c1-26(70)38(46(79)66-39(27(2)71)48(81)69-20-10-16-36(69)47(80)68-19-9-15-35(68)45(78)67-40(28(3)72)49(82)83)65-43(76)33(14-8-18-59-51(55)56)63-42(75)32(13-7-17-58-50(53)54)64-44(77)34(21-29-11-5-4-6-12-29)62-37(73)24-60-41(74)31(52)22-30-23-57-25-61-30/h4-6,11-12,23,25-28,31-36,38-40,70-72H,7-10,13-22,24,52H2,1-3H3,(H,57,61)(H,60,74)(H,62,73)(H,63,75)(H,64,77)(H,65,76)(H,66,79)(H,67,78)(H,82,83)(H4,53,54,58)(H4,55,56,59)/t26-,27-,28-,31+,32+,33+,34+,35+,36+,38+,39+,40+/m1/s1. The summed E-state index contributed by atoms with van der Waals surface area (Å²) in [6.45, 7) is 2.95. The molecule has 3 heterocycles. The highest BCUT2D eigenvalue weighted by molar-refractivity contribution is 5.99. The van der Waals surface area contributed by atoms with Crippen LogP contribution in [0.1, 0.15) is 83.4 Å². The number of nitrogens with zero attached hydrogens (tertiary/aromatic N) is 5. The third kappa shape index (κ3) is 21.1. The molecule has 458 valence electrons. The van der Waals surface area contributed by atoms with Gasteiger partial charge in [0, 0.05) is 50.9 Å². The molecule has 22 N–H and O–H groups in total. The van der Waals surface area contributed by atoms with Crippen LogP contribution in [0.5, 0.6) is 0 Å². The topological polar surface area (TPSA) is 526 Å². The molecule has 32 nitrogen and oxygen atoms in total. The van der Waals surface area contributed by atoms with E-state index in [4.69, 9.17) is 28.7 Å². The predicted molar refractivity (Wildman–Crippen MR) is 297 cm³/mol. The summed E-state index contributed by atoms with van der Waals surface area (Å²) in [5.74, 6) is -9.88. The van der Waals surface area contributed by atoms with Crippen LogP contribution in [0.25, 0.3) is 0 Å². The molecule has 0 bridgehead atoms. The fourth-order valence-electron chi connectivity index (χ4n) is 9.31. The third-order valence-corrected chi connectivity index (χ3v) is 13.7. The van der Waals surface area contributed by atoms with Gasteiger partial charge in [-0.1, -0.05) is 30.3 Å². The molecule has 2 fully saturated rings. The maximum atomic E-state index is 14.4. The summed E-state index contributed by atoms with van der Waals surface area (Å²) < 4.78 is 0. The summed E-state index contributed by atoms with van der Waals surface area (Å²) in [7, 11) is 0. The van der Waals surface area contributed by atoms with Gasteiger partial charge in [0.25, 0.3) is 0 Å². The SMILES string of the molecule is C[C@@H](O)[C@H](NC(=O)[C@@H]1CCCN1C(=O)[C@@H]1CCCN1C(=O)[C@@H](NC(=O)[C@@H](NC(=O)[C@H](CCCN=C(N)N)NC(=O)[C@H](CCCN=C(N)N)NC(=O)[C@H](Cc1ccccc1)NC(=O)CNC(=O)[C@@H](N)Cc1cnc[nH]1)[C@@H](C)O)[C@@H](C)O)C(=O)O. The van der Waals surface area contributed by atoms with Crippen molar-refractivity contribution in [2.45, 2.75) is 158 Å². The Morgan fingerprint density at radius 2 is 1.18 bits per heavy atom. The zero-order chi connectivity index (χ0) is 61.5. The second kappa shape index (κ2) is 32.8. The van der Waals surface area contributed by atoms with E-state index < -0.39 is 138 Å². The van der Waals surface area contributed by atoms with Crippen LogP contribution in [0, 0.1) is 0 Å². The van der Waals surface area contributed by atoms with Crippen LogP contribution in [0.4, 0.5) is 0 Å². The van der Waals surface area contributed by atoms with Gasteiger partial charge in [0.15, 0.2) is 18.0 Å². The van der Waals surface area contributed by atoms with Gasteiger partial charge in [-0.3, -0.25) is 53.1 Å². The molecule has 4 rings (SSSR count). The third-order valence-electron chi connectivity index (χ3n) is 13.7. The molecule has 2 aromatic rings. The van der Waals surface area contributed by atoms with Crippen molar-refractivity contribution >= 4 is 71.1 Å². The number of aromatic amines is 1. The first-order valence-corrected chi connectivity index (χ1v) is 27.1. The molecule has 83 heavy (non-hydrogen) atoms. The molecule has 0 unspecified atom stereocenters. The predicted octanol–water partition coefficient (Wildman–Crippen LogP) is -7.14. The van der Waals surface area contributed by atoms with E-state index in [1.165, 1.54) is 31.3 Å². The van der Waals surface area contributed by atoms with Crippen molar-refractivity contribution in [3.63, 3.8) is 0 Å². The minimum atomic E-state index is -1.86. The number of imidazole rings is 1. The van der Waals surface area contributed by atoms with Crippen LogP contribution in [-0.4, -0.2) is 217 Å². The molecular weight excluding hydrogens is 1090 g/mol. The number of aliphatic hydroxyl groups excluding tert-OH is 3. The summed E-state index contributed by atoms with van der Waals surface area (Å²) in [6.07, 6.45) is -1.14. The zero-order valence-corrected chi connectivity index (χ0v) is 46.6. The second-order valence-electron chi connectivity index (χ2n) is 20.3. The van der Waals surface area contributed by atoms with E-state index in [1.54, 1.807) is 30.3 Å². The van der Waals surface area contributed by atoms with Crippen molar-refractivity contribution in [1.82, 2.24) is 57.0 Å². The van der Waals surface area contributed by atoms with Crippen LogP contribution in [0.15, 0.2) is 52.8 Å². The number of nitrogens with one attached hydrogen (secondary N) is 8. The van der Waals surface area contributed by atoms with E-state index >= 15 is 0 Å². The number of likely N-dealkylation sites (tertiary alicyclic amines) is 2. The molecule has 0 saturated carbocycles. The number of carboxylic acids is 1. The minimum Gasteiger partial charge on any atom is -0.480 e. The van der Waals surface area contributed by atoms with Crippen molar-refractivity contribution in [1.29, 1.82) is 0 Å². The molecule has 2 aliphatic heterocycles. The first-order chi connectivity index (χ1) is 39.3. The van der Waals surface area contributed by atoms with Gasteiger partial charge < -0.3 is 101 Å². The number of aromatic nitrogens is 2. The molecule has 9 amide bonds. The molecule has 0 radical (unpaired) electrons. The van der Waals surface area contributed by atoms with E-state index in [0.717, 1.165) is 11.8 Å². The first-order valence-electron chi connectivity index (χ1n) is 27.1. The number of hydrogen-bond donors (Lipinski definition) is 17. The van der Waals surface area contributed by atoms with Gasteiger partial charge in [0.05, 0.1) is 37.2 Å². The number of carboxylic acid groups (broad SMARTS) is 1. The van der Waals surface area contributed by atoms with E-state index in [9.17, 15) is 68.4 Å². The largest absolute Gasteiger partial charge is 0.480 e. The van der Waals surface area contributed by atoms with Gasteiger partial charge >= 0.3 is 5.97 Å². The Hall–Kier alpha value is -8.49. The Kier molecular flexibility index (Phi) is 26.5. The number of guanidine groups is 2. The van der Waals surface area contributed by atoms with Crippen LogP contribution >= 0.6 is 0 Å². The molecule has 12 atom stereocenters. The van der Waals surface area contributed by atoms with E-state index in [2.05, 4.69) is 57.2 Å². The Morgan fingerprint density at radius 3 is 1.71 bits per heavy atom. The summed E-state index contributed by atoms with van der Waals surface area (Å²) >= 11 is 0. The van der Waals surface area contributed by atoms with E-state index in [1.807, 2.05) is 0 Å². The Morgan fingerprint density at radius 1 is 0.651 bits per heavy atom. The Bertz CT molecular complexity index is 2600. The highest BCUT2D eigenvalue weighted by Gasteiger charge is 2.46. The number of carbonyl (C=O) groups is 10. The lowest BCUT2D eigenvalue weighted by molar-refractivity contribution is -0.150. The van der Waals surface area contributed by atoms with Crippen LogP contribution in [-0.2, 0) is 60.8 Å². The number of aliphatic imine (C=N–C) groups is 2. The molecule has 2 aliphatic rings. The molecule has 1 aromatic heterocycles. The minimum absolute atomic E-state index is 0.00755. The fourth-order valence-corrected chi connectivity index (χ4v) is 9.31. The highest BCUT2D eigenvalue weighted by atomic mass is 16.4. The fraction of sp³-hybridized carbons (Fsp3) is 0.588. The summed E-state index contributed by atoms with van der Waals surface area (Å²) in [4.78, 5) is 153. The van der Waals surface area contributed by atoms with Crippen LogP contribution in [0.3, 0.4) is 0 Å². The number of H-pyrrole nitrogens is 1. The number of rotatable bonds is 32. The highest BCUT2D eigenvalue weighted by Crippen LogP contribution is 2.26. The van der Waals surface area contributed by atoms with Crippen molar-refractivity contribution in [3.05, 3.63) is 54.1 Å². The number of hydrogen-bond acceptors (Lipinski definition) is 17. The average molecular weight is 1170 g/mol. The van der Waals surface area contributed by atoms with Crippen molar-refractivity contribution in [3.8, 4) is 0 Å². The van der Waals surface area contributed by atoms with E-state index in [0.29, 0.717) is 24.1 Å².